The van der Waals surface area contributed by atoms with E-state index in [0.29, 0.717) is 26.4 Å². The molecule has 178 valence electrons. The third-order valence-corrected chi connectivity index (χ3v) is 6.95. The number of fused-ring (bicyclic) bond motifs is 2. The smallest absolute Gasteiger partial charge is 0.432 e. The monoisotopic (exact) mass is 446 g/mol. The third kappa shape index (κ3) is 3.47. The van der Waals surface area contributed by atoms with Crippen molar-refractivity contribution >= 4 is 24.5 Å². The SMILES string of the molecule is CC(C)N1C=C[N+](C(C)C)=C2[B-]3(OCCO3)OCCO[B@-]21c1n(C(C)C)cc[n+]1C(C)C. The van der Waals surface area contributed by atoms with Crippen LogP contribution in [0, 0.1) is 0 Å². The summed E-state index contributed by atoms with van der Waals surface area (Å²) in [6.45, 7) is 15.6. The van der Waals surface area contributed by atoms with Crippen molar-refractivity contribution in [2.24, 2.45) is 0 Å². The average Bonchev–Trinajstić information content (AvgIpc) is 3.34. The highest BCUT2D eigenvalue weighted by atomic mass is 16.8. The molecule has 1 aromatic heterocycles. The maximum atomic E-state index is 7.01. The summed E-state index contributed by atoms with van der Waals surface area (Å²) in [4.78, 5) is 2.37. The van der Waals surface area contributed by atoms with Crippen LogP contribution < -0.4 is 10.3 Å². The van der Waals surface area contributed by atoms with Crippen molar-refractivity contribution in [2.45, 2.75) is 79.6 Å². The topological polar surface area (TPSA) is 52.0 Å². The van der Waals surface area contributed by atoms with Crippen LogP contribution in [0.1, 0.15) is 67.5 Å². The summed E-state index contributed by atoms with van der Waals surface area (Å²) in [5.41, 5.74) is 2.08. The molecule has 32 heavy (non-hydrogen) atoms. The highest BCUT2D eigenvalue weighted by Gasteiger charge is 2.62. The summed E-state index contributed by atoms with van der Waals surface area (Å²) in [5.74, 6) is 0. The zero-order valence-corrected chi connectivity index (χ0v) is 21.0. The van der Waals surface area contributed by atoms with Crippen LogP contribution in [0.4, 0.5) is 0 Å². The van der Waals surface area contributed by atoms with Crippen LogP contribution in [0.5, 0.6) is 0 Å². The minimum Gasteiger partial charge on any atom is -0.558 e. The van der Waals surface area contributed by atoms with Crippen LogP contribution in [-0.2, 0) is 18.6 Å². The third-order valence-electron chi connectivity index (χ3n) is 6.95. The van der Waals surface area contributed by atoms with Crippen LogP contribution >= 0.6 is 0 Å². The molecule has 10 heteroatoms. The van der Waals surface area contributed by atoms with Crippen molar-refractivity contribution in [3.05, 3.63) is 24.8 Å². The summed E-state index contributed by atoms with van der Waals surface area (Å²) in [7, 11) is 0. The molecule has 0 aliphatic carbocycles. The molecule has 8 nitrogen and oxygen atoms in total. The predicted octanol–water partition coefficient (Wildman–Crippen LogP) is 1.75. The van der Waals surface area contributed by atoms with Crippen LogP contribution in [0.15, 0.2) is 24.8 Å². The fourth-order valence-electron chi connectivity index (χ4n) is 5.68. The summed E-state index contributed by atoms with van der Waals surface area (Å²) >= 11 is 0. The quantitative estimate of drug-likeness (QED) is 0.510. The lowest BCUT2D eigenvalue weighted by molar-refractivity contribution is -0.700. The molecule has 3 aliphatic rings. The Hall–Kier alpha value is -1.61. The van der Waals surface area contributed by atoms with E-state index in [4.69, 9.17) is 18.6 Å². The molecular weight excluding hydrogens is 406 g/mol. The first-order valence-corrected chi connectivity index (χ1v) is 12.2. The molecule has 2 saturated heterocycles. The van der Waals surface area contributed by atoms with Crippen LogP contribution in [0.25, 0.3) is 0 Å². The summed E-state index contributed by atoms with van der Waals surface area (Å²) in [6, 6.07) is 0.899. The molecule has 0 radical (unpaired) electrons. The standard InChI is InChI=1S/C22H40B2N4O4/c1-17(2)25-11-12-28(20(7)8)23(22-26(18(3)4)9-10-27(22)19(5)6)21(25)24(30-14-13-29-23)31-15-16-32-24/h9-12,17-20H,13-16H2,1-8H3/t23-/m0/s1. The minimum atomic E-state index is -2.12. The van der Waals surface area contributed by atoms with Gasteiger partial charge in [0.05, 0.1) is 12.1 Å². The average molecular weight is 446 g/mol. The normalized spacial score (nSPS) is 25.7. The lowest BCUT2D eigenvalue weighted by atomic mass is 9.32. The second kappa shape index (κ2) is 8.63. The van der Waals surface area contributed by atoms with Crippen LogP contribution in [-0.4, -0.2) is 71.2 Å². The first-order valence-electron chi connectivity index (χ1n) is 12.2. The molecule has 1 spiro atoms. The van der Waals surface area contributed by atoms with Crippen molar-refractivity contribution < 1.29 is 27.8 Å². The van der Waals surface area contributed by atoms with Gasteiger partial charge in [0.25, 0.3) is 0 Å². The molecule has 2 fully saturated rings. The lowest BCUT2D eigenvalue weighted by Gasteiger charge is -2.54. The predicted molar refractivity (Wildman–Crippen MR) is 127 cm³/mol. The van der Waals surface area contributed by atoms with Gasteiger partial charge >= 0.3 is 13.2 Å². The molecule has 0 amide bonds. The Morgan fingerprint density at radius 3 is 1.91 bits per heavy atom. The Labute approximate surface area is 192 Å². The van der Waals surface area contributed by atoms with Gasteiger partial charge in [0, 0.05) is 32.6 Å². The van der Waals surface area contributed by atoms with E-state index in [2.05, 4.69) is 98.7 Å². The molecular formula is C22H40B2N4O4. The van der Waals surface area contributed by atoms with E-state index in [1.165, 1.54) is 0 Å². The van der Waals surface area contributed by atoms with Gasteiger partial charge in [-0.05, 0) is 66.9 Å². The molecule has 4 rings (SSSR count). The van der Waals surface area contributed by atoms with Crippen molar-refractivity contribution in [3.63, 3.8) is 0 Å². The number of hydrogen-bond donors (Lipinski definition) is 0. The molecule has 0 saturated carbocycles. The fourth-order valence-corrected chi connectivity index (χ4v) is 5.68. The largest absolute Gasteiger partial charge is 0.558 e. The number of rotatable bonds is 5. The van der Waals surface area contributed by atoms with E-state index in [1.807, 2.05) is 0 Å². The van der Waals surface area contributed by atoms with E-state index in [1.54, 1.807) is 0 Å². The molecule has 1 atom stereocenters. The van der Waals surface area contributed by atoms with Crippen molar-refractivity contribution in [1.29, 1.82) is 0 Å². The highest BCUT2D eigenvalue weighted by molar-refractivity contribution is 7.29. The first-order chi connectivity index (χ1) is 15.2. The Morgan fingerprint density at radius 2 is 1.41 bits per heavy atom. The lowest BCUT2D eigenvalue weighted by Crippen LogP contribution is -2.84. The van der Waals surface area contributed by atoms with Gasteiger partial charge in [-0.25, -0.2) is 0 Å². The number of nitrogens with zero attached hydrogens (tertiary/aromatic N) is 4. The summed E-state index contributed by atoms with van der Waals surface area (Å²) in [6.07, 6.45) is 8.67. The van der Waals surface area contributed by atoms with Crippen LogP contribution in [0.2, 0.25) is 0 Å². The maximum Gasteiger partial charge on any atom is 0.432 e. The Balaban J connectivity index is 2.14. The van der Waals surface area contributed by atoms with Gasteiger partial charge in [-0.2, -0.15) is 0 Å². The Morgan fingerprint density at radius 1 is 0.812 bits per heavy atom. The van der Waals surface area contributed by atoms with Gasteiger partial charge in [-0.1, -0.05) is 0 Å². The highest BCUT2D eigenvalue weighted by Crippen LogP contribution is 2.33. The van der Waals surface area contributed by atoms with E-state index in [9.17, 15) is 0 Å². The fraction of sp³-hybridized carbons (Fsp3) is 0.727. The maximum absolute atomic E-state index is 7.01. The molecule has 0 bridgehead atoms. The molecule has 3 aliphatic heterocycles. The Bertz CT molecular complexity index is 880. The van der Waals surface area contributed by atoms with Gasteiger partial charge < -0.3 is 23.4 Å². The molecule has 0 N–H and O–H groups in total. The van der Waals surface area contributed by atoms with Gasteiger partial charge in [-0.15, -0.1) is 0 Å². The summed E-state index contributed by atoms with van der Waals surface area (Å²) in [5, 5.41) is 0. The van der Waals surface area contributed by atoms with E-state index < -0.39 is 13.2 Å². The molecule has 4 heterocycles. The zero-order chi connectivity index (χ0) is 23.3. The van der Waals surface area contributed by atoms with E-state index in [0.717, 1.165) is 11.2 Å². The van der Waals surface area contributed by atoms with E-state index >= 15 is 0 Å². The van der Waals surface area contributed by atoms with Gasteiger partial charge in [-0.3, -0.25) is 13.7 Å². The minimum absolute atomic E-state index is 0.184. The number of aromatic nitrogens is 2. The molecule has 0 aromatic carbocycles. The van der Waals surface area contributed by atoms with Crippen molar-refractivity contribution in [3.8, 4) is 0 Å². The molecule has 1 aromatic rings. The first kappa shape index (κ1) is 23.5. The second-order valence-electron chi connectivity index (χ2n) is 10.3. The van der Waals surface area contributed by atoms with Gasteiger partial charge in [0.1, 0.15) is 24.2 Å². The van der Waals surface area contributed by atoms with E-state index in [-0.39, 0.29) is 24.2 Å². The zero-order valence-electron chi connectivity index (χ0n) is 21.0. The number of hydrogen-bond acceptors (Lipinski definition) is 5. The second-order valence-corrected chi connectivity index (χ2v) is 10.3. The van der Waals surface area contributed by atoms with Crippen LogP contribution in [0.3, 0.4) is 0 Å². The Kier molecular flexibility index (Phi) is 6.35. The summed E-state index contributed by atoms with van der Waals surface area (Å²) < 4.78 is 33.1. The number of imidazole rings is 1. The van der Waals surface area contributed by atoms with Gasteiger partial charge in [0.2, 0.25) is 0 Å². The van der Waals surface area contributed by atoms with Crippen molar-refractivity contribution in [2.75, 3.05) is 26.4 Å². The van der Waals surface area contributed by atoms with Gasteiger partial charge in [0.15, 0.2) is 6.20 Å². The molecule has 0 unspecified atom stereocenters. The van der Waals surface area contributed by atoms with Crippen molar-refractivity contribution in [1.82, 2.24) is 9.38 Å².